The molecule has 1 aromatic carbocycles. The maximum atomic E-state index is 12.1. The summed E-state index contributed by atoms with van der Waals surface area (Å²) in [7, 11) is 0. The number of esters is 1. The smallest absolute Gasteiger partial charge is 0.345 e. The van der Waals surface area contributed by atoms with E-state index >= 15 is 0 Å². The molecule has 0 N–H and O–H groups in total. The van der Waals surface area contributed by atoms with Crippen molar-refractivity contribution in [2.45, 2.75) is 17.0 Å². The number of ether oxygens (including phenoxy) is 1. The maximum absolute atomic E-state index is 12.1. The number of aryl methyl sites for hydroxylation is 1. The molecule has 25 heavy (non-hydrogen) atoms. The molecule has 0 aliphatic heterocycles. The Balaban J connectivity index is 1.68. The number of carbonyl (C=O) groups is 1. The molecule has 0 unspecified atom stereocenters. The third-order valence-electron chi connectivity index (χ3n) is 3.08. The molecule has 3 aromatic rings. The second-order valence-electron chi connectivity index (χ2n) is 4.99. The van der Waals surface area contributed by atoms with E-state index in [9.17, 15) is 9.59 Å². The highest BCUT2D eigenvalue weighted by Gasteiger charge is 2.15. The van der Waals surface area contributed by atoms with E-state index in [-0.39, 0.29) is 16.3 Å². The number of benzene rings is 1. The highest BCUT2D eigenvalue weighted by molar-refractivity contribution is 8.00. The molecule has 0 radical (unpaired) electrons. The summed E-state index contributed by atoms with van der Waals surface area (Å²) in [6.45, 7) is 1.92. The Morgan fingerprint density at radius 1 is 1.40 bits per heavy atom. The van der Waals surface area contributed by atoms with Crippen molar-refractivity contribution in [2.75, 3.05) is 0 Å². The lowest BCUT2D eigenvalue weighted by Gasteiger charge is -2.05. The first-order chi connectivity index (χ1) is 12.0. The Morgan fingerprint density at radius 2 is 2.20 bits per heavy atom. The van der Waals surface area contributed by atoms with E-state index in [1.54, 1.807) is 18.2 Å². The summed E-state index contributed by atoms with van der Waals surface area (Å²) in [6, 6.07) is 7.76. The maximum Gasteiger partial charge on any atom is 0.345 e. The molecular formula is C17H12ClNO4S2. The zero-order chi connectivity index (χ0) is 17.8. The fourth-order valence-electron chi connectivity index (χ4n) is 1.90. The molecule has 8 heteroatoms. The van der Waals surface area contributed by atoms with E-state index in [1.807, 2.05) is 12.3 Å². The Kier molecular flexibility index (Phi) is 5.57. The van der Waals surface area contributed by atoms with Gasteiger partial charge in [-0.3, -0.25) is 4.79 Å². The van der Waals surface area contributed by atoms with Crippen LogP contribution >= 0.6 is 34.7 Å². The number of halogens is 1. The van der Waals surface area contributed by atoms with Gasteiger partial charge in [-0.25, -0.2) is 9.78 Å². The first kappa shape index (κ1) is 17.7. The van der Waals surface area contributed by atoms with Crippen LogP contribution in [-0.2, 0) is 5.75 Å². The predicted molar refractivity (Wildman–Crippen MR) is 97.8 cm³/mol. The number of carbonyl (C=O) groups excluding carboxylic acids is 1. The summed E-state index contributed by atoms with van der Waals surface area (Å²) >= 11 is 8.95. The molecule has 0 saturated heterocycles. The minimum atomic E-state index is -0.710. The summed E-state index contributed by atoms with van der Waals surface area (Å²) in [5.41, 5.74) is 0.704. The van der Waals surface area contributed by atoms with Gasteiger partial charge in [-0.1, -0.05) is 35.5 Å². The van der Waals surface area contributed by atoms with E-state index in [0.717, 1.165) is 16.3 Å². The average Bonchev–Trinajstić information content (AvgIpc) is 3.01. The molecule has 0 atom stereocenters. The van der Waals surface area contributed by atoms with Crippen LogP contribution < -0.4 is 10.2 Å². The number of rotatable bonds is 5. The van der Waals surface area contributed by atoms with Crippen LogP contribution in [0.3, 0.4) is 0 Å². The standard InChI is InChI=1S/C17H12ClNO4S2/c1-10-8-24-17(19-10)25-9-11-6-14(20)15(7-22-11)23-16(21)12-4-2-3-5-13(12)18/h2-8H,9H2,1H3. The van der Waals surface area contributed by atoms with Crippen molar-refractivity contribution >= 4 is 40.7 Å². The number of hydrogen-bond acceptors (Lipinski definition) is 7. The van der Waals surface area contributed by atoms with Crippen LogP contribution in [-0.4, -0.2) is 11.0 Å². The SMILES string of the molecule is Cc1csc(SCc2cc(=O)c(OC(=O)c3ccccc3Cl)co2)n1. The molecule has 3 rings (SSSR count). The molecule has 0 fully saturated rings. The van der Waals surface area contributed by atoms with Gasteiger partial charge in [0.2, 0.25) is 11.2 Å². The molecule has 2 heterocycles. The topological polar surface area (TPSA) is 69.4 Å². The van der Waals surface area contributed by atoms with Gasteiger partial charge in [0, 0.05) is 17.1 Å². The molecular weight excluding hydrogens is 382 g/mol. The lowest BCUT2D eigenvalue weighted by Crippen LogP contribution is -2.15. The van der Waals surface area contributed by atoms with Gasteiger partial charge >= 0.3 is 5.97 Å². The largest absolute Gasteiger partial charge is 0.464 e. The van der Waals surface area contributed by atoms with Crippen molar-refractivity contribution in [1.82, 2.24) is 4.98 Å². The van der Waals surface area contributed by atoms with Crippen molar-refractivity contribution in [2.24, 2.45) is 0 Å². The van der Waals surface area contributed by atoms with Crippen LogP contribution in [0.1, 0.15) is 21.8 Å². The second kappa shape index (κ2) is 7.86. The van der Waals surface area contributed by atoms with Crippen LogP contribution in [0, 0.1) is 6.92 Å². The van der Waals surface area contributed by atoms with Crippen molar-refractivity contribution in [3.63, 3.8) is 0 Å². The summed E-state index contributed by atoms with van der Waals surface area (Å²) < 4.78 is 11.4. The van der Waals surface area contributed by atoms with Gasteiger partial charge in [-0.05, 0) is 19.1 Å². The van der Waals surface area contributed by atoms with Crippen molar-refractivity contribution < 1.29 is 13.9 Å². The molecule has 0 bridgehead atoms. The first-order valence-electron chi connectivity index (χ1n) is 7.16. The lowest BCUT2D eigenvalue weighted by atomic mass is 10.2. The number of thioether (sulfide) groups is 1. The Labute approximate surface area is 156 Å². The zero-order valence-corrected chi connectivity index (χ0v) is 15.4. The summed E-state index contributed by atoms with van der Waals surface area (Å²) in [6.07, 6.45) is 1.14. The van der Waals surface area contributed by atoms with Crippen LogP contribution in [0.4, 0.5) is 0 Å². The fraction of sp³-hybridized carbons (Fsp3) is 0.118. The monoisotopic (exact) mass is 393 g/mol. The quantitative estimate of drug-likeness (QED) is 0.467. The molecule has 0 aliphatic rings. The van der Waals surface area contributed by atoms with Crippen molar-refractivity contribution in [3.8, 4) is 5.75 Å². The molecule has 5 nitrogen and oxygen atoms in total. The minimum Gasteiger partial charge on any atom is -0.464 e. The average molecular weight is 394 g/mol. The van der Waals surface area contributed by atoms with E-state index < -0.39 is 11.4 Å². The number of aromatic nitrogens is 1. The molecule has 2 aromatic heterocycles. The van der Waals surface area contributed by atoms with Gasteiger partial charge in [-0.2, -0.15) is 0 Å². The molecule has 0 amide bonds. The van der Waals surface area contributed by atoms with Crippen molar-refractivity contribution in [1.29, 1.82) is 0 Å². The fourth-order valence-corrected chi connectivity index (χ4v) is 3.85. The molecule has 128 valence electrons. The van der Waals surface area contributed by atoms with Gasteiger partial charge < -0.3 is 9.15 Å². The number of thiazole rings is 1. The third kappa shape index (κ3) is 4.50. The molecule has 0 saturated carbocycles. The highest BCUT2D eigenvalue weighted by atomic mass is 35.5. The number of nitrogens with zero attached hydrogens (tertiary/aromatic N) is 1. The van der Waals surface area contributed by atoms with Gasteiger partial charge in [0.1, 0.15) is 12.0 Å². The minimum absolute atomic E-state index is 0.177. The molecule has 0 aliphatic carbocycles. The van der Waals surface area contributed by atoms with Crippen molar-refractivity contribution in [3.05, 3.63) is 74.2 Å². The van der Waals surface area contributed by atoms with Crippen LogP contribution in [0.2, 0.25) is 5.02 Å². The number of hydrogen-bond donors (Lipinski definition) is 0. The van der Waals surface area contributed by atoms with Gasteiger partial charge in [0.05, 0.1) is 16.3 Å². The van der Waals surface area contributed by atoms with Gasteiger partial charge in [-0.15, -0.1) is 11.3 Å². The zero-order valence-electron chi connectivity index (χ0n) is 13.0. The summed E-state index contributed by atoms with van der Waals surface area (Å²) in [4.78, 5) is 28.5. The Hall–Kier alpha value is -2.09. The Morgan fingerprint density at radius 3 is 2.88 bits per heavy atom. The Bertz CT molecular complexity index is 967. The van der Waals surface area contributed by atoms with E-state index in [2.05, 4.69) is 4.98 Å². The second-order valence-corrected chi connectivity index (χ2v) is 7.48. The van der Waals surface area contributed by atoms with Crippen LogP contribution in [0.25, 0.3) is 0 Å². The van der Waals surface area contributed by atoms with Crippen LogP contribution in [0.15, 0.2) is 55.5 Å². The van der Waals surface area contributed by atoms with E-state index in [4.69, 9.17) is 20.8 Å². The normalized spacial score (nSPS) is 10.6. The van der Waals surface area contributed by atoms with Gasteiger partial charge in [0.25, 0.3) is 0 Å². The van der Waals surface area contributed by atoms with E-state index in [0.29, 0.717) is 11.5 Å². The predicted octanol–water partition coefficient (Wildman–Crippen LogP) is 4.57. The summed E-state index contributed by atoms with van der Waals surface area (Å²) in [5, 5.41) is 2.21. The summed E-state index contributed by atoms with van der Waals surface area (Å²) in [5.74, 6) is 0.0449. The van der Waals surface area contributed by atoms with Crippen LogP contribution in [0.5, 0.6) is 5.75 Å². The highest BCUT2D eigenvalue weighted by Crippen LogP contribution is 2.26. The van der Waals surface area contributed by atoms with E-state index in [1.165, 1.54) is 35.2 Å². The lowest BCUT2D eigenvalue weighted by molar-refractivity contribution is 0.0729. The van der Waals surface area contributed by atoms with Gasteiger partial charge in [0.15, 0.2) is 4.34 Å². The first-order valence-corrected chi connectivity index (χ1v) is 9.40. The third-order valence-corrected chi connectivity index (χ3v) is 5.58. The molecule has 0 spiro atoms.